The van der Waals surface area contributed by atoms with Crippen LogP contribution in [0.4, 0.5) is 11.4 Å². The second-order valence-electron chi connectivity index (χ2n) is 7.75. The second-order valence-corrected chi connectivity index (χ2v) is 7.75. The molecule has 0 unspecified atom stereocenters. The Balaban J connectivity index is 1.83. The lowest BCUT2D eigenvalue weighted by Gasteiger charge is -2.17. The second kappa shape index (κ2) is 11.4. The van der Waals surface area contributed by atoms with Gasteiger partial charge in [-0.1, -0.05) is 60.7 Å². The fraction of sp³-hybridized carbons (Fsp3) is 0.143. The molecule has 3 aromatic carbocycles. The maximum Gasteiger partial charge on any atom is 0.270 e. The number of anilines is 1. The van der Waals surface area contributed by atoms with E-state index in [1.54, 1.807) is 12.1 Å². The topological polar surface area (TPSA) is 91.4 Å². The van der Waals surface area contributed by atoms with Gasteiger partial charge in [-0.05, 0) is 36.1 Å². The molecule has 0 atom stereocenters. The van der Waals surface area contributed by atoms with Crippen molar-refractivity contribution in [1.82, 2.24) is 0 Å². The summed E-state index contributed by atoms with van der Waals surface area (Å²) in [6.45, 7) is 8.33. The smallest absolute Gasteiger partial charge is 0.270 e. The van der Waals surface area contributed by atoms with Crippen LogP contribution in [0.25, 0.3) is 0 Å². The monoisotopic (exact) mass is 463 g/mol. The van der Waals surface area contributed by atoms with Crippen LogP contribution < -0.4 is 14.9 Å². The normalized spacial score (nSPS) is 14.4. The minimum absolute atomic E-state index is 0.136. The zero-order valence-electron chi connectivity index (χ0n) is 19.3. The van der Waals surface area contributed by atoms with E-state index in [-0.39, 0.29) is 5.84 Å². The number of benzene rings is 3. The summed E-state index contributed by atoms with van der Waals surface area (Å²) in [4.78, 5) is 0. The van der Waals surface area contributed by atoms with E-state index in [0.717, 1.165) is 22.3 Å². The molecule has 0 saturated carbocycles. The summed E-state index contributed by atoms with van der Waals surface area (Å²) in [6, 6.07) is 21.3. The van der Waals surface area contributed by atoms with Gasteiger partial charge in [-0.2, -0.15) is 5.26 Å². The van der Waals surface area contributed by atoms with Crippen molar-refractivity contribution in [3.8, 4) is 17.6 Å². The third kappa shape index (κ3) is 5.63. The standard InChI is InChI=1S/C28H25N5O2/c1-3-9-20-13-7-15-24-27(20)34-18-22-11-5-6-12-23(22)19-35-28-21(10-4-2)14-8-16-25(28)31-33-26(17-29)32-30-24/h3-8,11-16,30H,1-2,9-10,18-19H2/b32-26-,33-31?. The minimum Gasteiger partial charge on any atom is -0.486 e. The number of hydrogen-bond donors (Lipinski definition) is 1. The molecule has 0 bridgehead atoms. The van der Waals surface area contributed by atoms with Crippen molar-refractivity contribution in [1.29, 1.82) is 5.26 Å². The summed E-state index contributed by atoms with van der Waals surface area (Å²) < 4.78 is 12.6. The first kappa shape index (κ1) is 23.5. The van der Waals surface area contributed by atoms with Crippen molar-refractivity contribution in [3.63, 3.8) is 0 Å². The van der Waals surface area contributed by atoms with E-state index in [1.165, 1.54) is 0 Å². The lowest BCUT2D eigenvalue weighted by Crippen LogP contribution is -2.07. The Bertz CT molecular complexity index is 1340. The number of allylic oxidation sites excluding steroid dienone is 2. The average Bonchev–Trinajstić information content (AvgIpc) is 2.88. The quantitative estimate of drug-likeness (QED) is 0.439. The number of amidine groups is 1. The van der Waals surface area contributed by atoms with E-state index in [9.17, 15) is 5.26 Å². The van der Waals surface area contributed by atoms with Crippen LogP contribution in [0.15, 0.2) is 101 Å². The molecule has 0 saturated heterocycles. The van der Waals surface area contributed by atoms with Gasteiger partial charge in [0.2, 0.25) is 0 Å². The molecule has 0 aromatic heterocycles. The molecule has 7 heteroatoms. The first-order valence-electron chi connectivity index (χ1n) is 11.2. The third-order valence-corrected chi connectivity index (χ3v) is 5.40. The minimum atomic E-state index is -0.136. The summed E-state index contributed by atoms with van der Waals surface area (Å²) in [6.07, 6.45) is 4.83. The van der Waals surface area contributed by atoms with Crippen molar-refractivity contribution in [3.05, 3.63) is 108 Å². The highest BCUT2D eigenvalue weighted by Crippen LogP contribution is 2.34. The Kier molecular flexibility index (Phi) is 7.66. The molecule has 0 aliphatic carbocycles. The van der Waals surface area contributed by atoms with Gasteiger partial charge in [-0.25, -0.2) is 0 Å². The van der Waals surface area contributed by atoms with Gasteiger partial charge < -0.3 is 9.47 Å². The Morgan fingerprint density at radius 3 is 2.11 bits per heavy atom. The Morgan fingerprint density at radius 1 is 0.829 bits per heavy atom. The van der Waals surface area contributed by atoms with E-state index >= 15 is 0 Å². The average molecular weight is 464 g/mol. The van der Waals surface area contributed by atoms with Crippen LogP contribution in [-0.4, -0.2) is 5.84 Å². The maximum absolute atomic E-state index is 9.57. The summed E-state index contributed by atoms with van der Waals surface area (Å²) in [5.74, 6) is 1.08. The molecule has 0 amide bonds. The lowest BCUT2D eigenvalue weighted by atomic mass is 10.1. The molecule has 3 aromatic rings. The van der Waals surface area contributed by atoms with Crippen LogP contribution in [0.2, 0.25) is 0 Å². The van der Waals surface area contributed by atoms with Gasteiger partial charge in [-0.15, -0.1) is 28.5 Å². The maximum atomic E-state index is 9.57. The fourth-order valence-corrected chi connectivity index (χ4v) is 3.72. The molecule has 7 nitrogen and oxygen atoms in total. The van der Waals surface area contributed by atoms with Crippen LogP contribution in [0, 0.1) is 11.3 Å². The van der Waals surface area contributed by atoms with Crippen molar-refractivity contribution in [2.24, 2.45) is 15.3 Å². The van der Waals surface area contributed by atoms with Crippen LogP contribution in [0.5, 0.6) is 11.5 Å². The van der Waals surface area contributed by atoms with E-state index in [4.69, 9.17) is 9.47 Å². The summed E-state index contributed by atoms with van der Waals surface area (Å²) in [7, 11) is 0. The summed E-state index contributed by atoms with van der Waals surface area (Å²) >= 11 is 0. The fourth-order valence-electron chi connectivity index (χ4n) is 3.72. The molecule has 0 spiro atoms. The highest BCUT2D eigenvalue weighted by molar-refractivity contribution is 5.97. The molecule has 1 N–H and O–H groups in total. The molecule has 1 heterocycles. The number of fused-ring (bicyclic) bond motifs is 3. The predicted molar refractivity (Wildman–Crippen MR) is 137 cm³/mol. The Morgan fingerprint density at radius 2 is 1.46 bits per heavy atom. The number of ether oxygens (including phenoxy) is 2. The zero-order chi connectivity index (χ0) is 24.5. The Labute approximate surface area is 204 Å². The molecule has 0 fully saturated rings. The molecule has 4 rings (SSSR count). The van der Waals surface area contributed by atoms with Crippen molar-refractivity contribution in [2.45, 2.75) is 26.1 Å². The SMILES string of the molecule is C=CCc1cccc2c1OCc1ccccc1COc1c(CC=C)cccc1N/N=C(/C#N)N=N2. The van der Waals surface area contributed by atoms with Crippen LogP contribution in [0.1, 0.15) is 22.3 Å². The number of azo groups is 1. The van der Waals surface area contributed by atoms with Crippen molar-refractivity contribution < 1.29 is 9.47 Å². The van der Waals surface area contributed by atoms with E-state index in [0.29, 0.717) is 48.9 Å². The van der Waals surface area contributed by atoms with Crippen LogP contribution in [-0.2, 0) is 26.1 Å². The van der Waals surface area contributed by atoms with Gasteiger partial charge >= 0.3 is 0 Å². The highest BCUT2D eigenvalue weighted by atomic mass is 16.5. The number of hydrogen-bond acceptors (Lipinski definition) is 7. The van der Waals surface area contributed by atoms with Crippen molar-refractivity contribution >= 4 is 17.2 Å². The number of para-hydroxylation sites is 2. The molecule has 1 aliphatic heterocycles. The van der Waals surface area contributed by atoms with Crippen LogP contribution >= 0.6 is 0 Å². The number of nitriles is 1. The van der Waals surface area contributed by atoms with E-state index in [2.05, 4.69) is 33.9 Å². The zero-order valence-corrected chi connectivity index (χ0v) is 19.3. The van der Waals surface area contributed by atoms with E-state index < -0.39 is 0 Å². The number of hydrazone groups is 1. The first-order chi connectivity index (χ1) is 17.2. The van der Waals surface area contributed by atoms with Crippen molar-refractivity contribution in [2.75, 3.05) is 5.43 Å². The number of rotatable bonds is 4. The lowest BCUT2D eigenvalue weighted by molar-refractivity contribution is 0.284. The van der Waals surface area contributed by atoms with Gasteiger partial charge in [-0.3, -0.25) is 5.43 Å². The number of nitrogens with one attached hydrogen (secondary N) is 1. The van der Waals surface area contributed by atoms with Gasteiger partial charge in [0.25, 0.3) is 5.84 Å². The van der Waals surface area contributed by atoms with Gasteiger partial charge in [0.1, 0.15) is 30.7 Å². The van der Waals surface area contributed by atoms with Gasteiger partial charge in [0, 0.05) is 11.1 Å². The predicted octanol–water partition coefficient (Wildman–Crippen LogP) is 6.65. The molecular weight excluding hydrogens is 438 g/mol. The molecule has 35 heavy (non-hydrogen) atoms. The number of nitrogens with zero attached hydrogens (tertiary/aromatic N) is 4. The molecule has 1 aliphatic rings. The first-order valence-corrected chi connectivity index (χ1v) is 11.2. The summed E-state index contributed by atoms with van der Waals surface area (Å²) in [5.41, 5.74) is 7.89. The third-order valence-electron chi connectivity index (χ3n) is 5.40. The largest absolute Gasteiger partial charge is 0.486 e. The molecule has 174 valence electrons. The molecule has 0 radical (unpaired) electrons. The van der Waals surface area contributed by atoms with Gasteiger partial charge in [0.15, 0.2) is 5.75 Å². The summed E-state index contributed by atoms with van der Waals surface area (Å²) in [5, 5.41) is 22.1. The van der Waals surface area contributed by atoms with Crippen LogP contribution in [0.3, 0.4) is 0 Å². The van der Waals surface area contributed by atoms with Gasteiger partial charge in [0.05, 0.1) is 5.69 Å². The molecular formula is C28H25N5O2. The van der Waals surface area contributed by atoms with E-state index in [1.807, 2.05) is 66.7 Å². The Hall–Kier alpha value is -4.70. The highest BCUT2D eigenvalue weighted by Gasteiger charge is 2.14.